The second-order valence-electron chi connectivity index (χ2n) is 8.04. The van der Waals surface area contributed by atoms with Crippen LogP contribution in [0.1, 0.15) is 73.6 Å². The Balaban J connectivity index is 1.35. The monoisotopic (exact) mass is 344 g/mol. The number of imidazole rings is 1. The summed E-state index contributed by atoms with van der Waals surface area (Å²) in [6, 6.07) is 0. The lowest BCUT2D eigenvalue weighted by Gasteiger charge is -2.38. The van der Waals surface area contributed by atoms with E-state index in [1.807, 2.05) is 0 Å². The van der Waals surface area contributed by atoms with Gasteiger partial charge in [-0.05, 0) is 50.4 Å². The van der Waals surface area contributed by atoms with Crippen LogP contribution in [0.3, 0.4) is 0 Å². The highest BCUT2D eigenvalue weighted by atomic mass is 16.2. The van der Waals surface area contributed by atoms with Crippen LogP contribution in [-0.2, 0) is 4.79 Å². The summed E-state index contributed by atoms with van der Waals surface area (Å²) in [5.74, 6) is 2.76. The average molecular weight is 344 g/mol. The molecule has 3 fully saturated rings. The van der Waals surface area contributed by atoms with Gasteiger partial charge in [0.05, 0.1) is 6.20 Å². The molecule has 0 aromatic carbocycles. The van der Waals surface area contributed by atoms with E-state index >= 15 is 0 Å². The maximum absolute atomic E-state index is 13.1. The zero-order valence-corrected chi connectivity index (χ0v) is 14.7. The van der Waals surface area contributed by atoms with Gasteiger partial charge in [-0.3, -0.25) is 9.59 Å². The van der Waals surface area contributed by atoms with Gasteiger partial charge in [0.15, 0.2) is 0 Å². The van der Waals surface area contributed by atoms with Crippen molar-refractivity contribution >= 4 is 11.8 Å². The van der Waals surface area contributed by atoms with Gasteiger partial charge in [-0.2, -0.15) is 0 Å². The van der Waals surface area contributed by atoms with E-state index in [4.69, 9.17) is 5.73 Å². The number of aromatic nitrogens is 2. The highest BCUT2D eigenvalue weighted by Gasteiger charge is 2.42. The number of H-pyrrole nitrogens is 1. The molecule has 0 spiro atoms. The summed E-state index contributed by atoms with van der Waals surface area (Å²) in [6.45, 7) is 1.59. The molecule has 2 atom stereocenters. The number of aromatic amines is 1. The summed E-state index contributed by atoms with van der Waals surface area (Å²) in [5, 5.41) is 0. The molecular weight excluding hydrogens is 316 g/mol. The number of rotatable bonds is 4. The zero-order chi connectivity index (χ0) is 17.4. The van der Waals surface area contributed by atoms with Gasteiger partial charge in [-0.1, -0.05) is 12.8 Å². The lowest BCUT2D eigenvalue weighted by atomic mass is 9.75. The predicted octanol–water partition coefficient (Wildman–Crippen LogP) is 2.43. The summed E-state index contributed by atoms with van der Waals surface area (Å²) in [5.41, 5.74) is 5.64. The Kier molecular flexibility index (Phi) is 4.52. The minimum atomic E-state index is -0.477. The molecule has 6 heteroatoms. The molecule has 2 amide bonds. The Labute approximate surface area is 148 Å². The van der Waals surface area contributed by atoms with Gasteiger partial charge in [0, 0.05) is 24.9 Å². The van der Waals surface area contributed by atoms with E-state index in [-0.39, 0.29) is 11.8 Å². The fourth-order valence-corrected chi connectivity index (χ4v) is 4.83. The predicted molar refractivity (Wildman–Crippen MR) is 93.8 cm³/mol. The number of carbonyl (C=O) groups is 2. The number of nitrogens with two attached hydrogens (primary N) is 1. The van der Waals surface area contributed by atoms with Crippen LogP contribution in [0.5, 0.6) is 0 Å². The third-order valence-electron chi connectivity index (χ3n) is 6.42. The number of amides is 2. The molecule has 2 saturated carbocycles. The summed E-state index contributed by atoms with van der Waals surface area (Å²) in [4.78, 5) is 33.7. The van der Waals surface area contributed by atoms with E-state index in [0.29, 0.717) is 17.5 Å². The minimum Gasteiger partial charge on any atom is -0.364 e. The first-order valence-corrected chi connectivity index (χ1v) is 9.77. The zero-order valence-electron chi connectivity index (χ0n) is 14.7. The number of hydrogen-bond acceptors (Lipinski definition) is 3. The molecule has 6 nitrogen and oxygen atoms in total. The van der Waals surface area contributed by atoms with Crippen LogP contribution in [-0.4, -0.2) is 39.8 Å². The first-order chi connectivity index (χ1) is 12.1. The van der Waals surface area contributed by atoms with Crippen LogP contribution in [0, 0.1) is 17.8 Å². The molecule has 4 rings (SSSR count). The molecule has 2 unspecified atom stereocenters. The van der Waals surface area contributed by atoms with Crippen molar-refractivity contribution < 1.29 is 9.59 Å². The van der Waals surface area contributed by atoms with Crippen LogP contribution < -0.4 is 5.73 Å². The molecule has 25 heavy (non-hydrogen) atoms. The Bertz CT molecular complexity index is 644. The van der Waals surface area contributed by atoms with Gasteiger partial charge in [-0.25, -0.2) is 4.98 Å². The van der Waals surface area contributed by atoms with Crippen molar-refractivity contribution in [2.75, 3.05) is 13.1 Å². The van der Waals surface area contributed by atoms with E-state index in [0.717, 1.165) is 44.1 Å². The number of hydrogen-bond donors (Lipinski definition) is 2. The van der Waals surface area contributed by atoms with Gasteiger partial charge in [-0.15, -0.1) is 0 Å². The maximum atomic E-state index is 13.1. The lowest BCUT2D eigenvalue weighted by molar-refractivity contribution is -0.140. The second kappa shape index (κ2) is 6.81. The third kappa shape index (κ3) is 3.44. The minimum absolute atomic E-state index is 0.267. The Morgan fingerprint density at radius 1 is 1.08 bits per heavy atom. The number of nitrogens with zero attached hydrogens (tertiary/aromatic N) is 2. The number of piperidine rings is 1. The fourth-order valence-electron chi connectivity index (χ4n) is 4.83. The van der Waals surface area contributed by atoms with Crippen molar-refractivity contribution in [3.8, 4) is 0 Å². The number of likely N-dealkylation sites (tertiary alicyclic amines) is 1. The van der Waals surface area contributed by atoms with Gasteiger partial charge >= 0.3 is 0 Å². The van der Waals surface area contributed by atoms with E-state index in [1.165, 1.54) is 38.3 Å². The summed E-state index contributed by atoms with van der Waals surface area (Å²) in [7, 11) is 0. The molecule has 136 valence electrons. The smallest absolute Gasteiger partial charge is 0.266 e. The van der Waals surface area contributed by atoms with E-state index < -0.39 is 5.91 Å². The molecule has 3 N–H and O–H groups in total. The van der Waals surface area contributed by atoms with E-state index in [1.54, 1.807) is 0 Å². The third-order valence-corrected chi connectivity index (χ3v) is 6.42. The quantitative estimate of drug-likeness (QED) is 0.878. The molecule has 3 aliphatic rings. The molecule has 0 bridgehead atoms. The van der Waals surface area contributed by atoms with E-state index in [2.05, 4.69) is 14.9 Å². The standard InChI is InChI=1S/C19H28N4O2/c20-17(24)16-11-21-18(22-16)13-7-9-23(10-8-13)19(25)15-4-2-1-3-14(15)12-5-6-12/h11-15H,1-10H2,(H2,20,24)(H,21,22). The molecule has 2 aliphatic carbocycles. The molecular formula is C19H28N4O2. The summed E-state index contributed by atoms with van der Waals surface area (Å²) in [6.07, 6.45) is 10.8. The maximum Gasteiger partial charge on any atom is 0.266 e. The van der Waals surface area contributed by atoms with Gasteiger partial charge in [0.2, 0.25) is 5.91 Å². The normalized spacial score (nSPS) is 28.1. The Hall–Kier alpha value is -1.85. The van der Waals surface area contributed by atoms with Gasteiger partial charge in [0.1, 0.15) is 11.5 Å². The van der Waals surface area contributed by atoms with Crippen LogP contribution in [0.2, 0.25) is 0 Å². The topological polar surface area (TPSA) is 92.1 Å². The van der Waals surface area contributed by atoms with Gasteiger partial charge < -0.3 is 15.6 Å². The van der Waals surface area contributed by atoms with Crippen molar-refractivity contribution in [1.82, 2.24) is 14.9 Å². The van der Waals surface area contributed by atoms with Crippen LogP contribution in [0.4, 0.5) is 0 Å². The highest BCUT2D eigenvalue weighted by Crippen LogP contribution is 2.47. The molecule has 1 saturated heterocycles. The Morgan fingerprint density at radius 3 is 2.44 bits per heavy atom. The molecule has 2 heterocycles. The highest BCUT2D eigenvalue weighted by molar-refractivity contribution is 5.90. The largest absolute Gasteiger partial charge is 0.364 e. The first kappa shape index (κ1) is 16.6. The van der Waals surface area contributed by atoms with E-state index in [9.17, 15) is 9.59 Å². The van der Waals surface area contributed by atoms with Gasteiger partial charge in [0.25, 0.3) is 5.91 Å². The summed E-state index contributed by atoms with van der Waals surface area (Å²) >= 11 is 0. The number of carbonyl (C=O) groups excluding carboxylic acids is 2. The van der Waals surface area contributed by atoms with Crippen molar-refractivity contribution in [2.24, 2.45) is 23.5 Å². The molecule has 0 radical (unpaired) electrons. The summed E-state index contributed by atoms with van der Waals surface area (Å²) < 4.78 is 0. The number of nitrogens with one attached hydrogen (secondary N) is 1. The number of primary amides is 1. The average Bonchev–Trinajstić information content (AvgIpc) is 3.37. The first-order valence-electron chi connectivity index (χ1n) is 9.77. The lowest BCUT2D eigenvalue weighted by Crippen LogP contribution is -2.44. The molecule has 1 aromatic heterocycles. The van der Waals surface area contributed by atoms with Crippen LogP contribution in [0.15, 0.2) is 6.20 Å². The second-order valence-corrected chi connectivity index (χ2v) is 8.04. The van der Waals surface area contributed by atoms with Crippen LogP contribution in [0.25, 0.3) is 0 Å². The SMILES string of the molecule is NC(=O)c1cnc(C2CCN(C(=O)C3CCCCC3C3CC3)CC2)[nH]1. The van der Waals surface area contributed by atoms with Crippen LogP contribution >= 0.6 is 0 Å². The van der Waals surface area contributed by atoms with Crippen molar-refractivity contribution in [3.63, 3.8) is 0 Å². The fraction of sp³-hybridized carbons (Fsp3) is 0.737. The Morgan fingerprint density at radius 2 is 1.80 bits per heavy atom. The van der Waals surface area contributed by atoms with Crippen molar-refractivity contribution in [2.45, 2.75) is 57.3 Å². The van der Waals surface area contributed by atoms with Crippen molar-refractivity contribution in [1.29, 1.82) is 0 Å². The molecule has 1 aromatic rings. The van der Waals surface area contributed by atoms with Crippen molar-refractivity contribution in [3.05, 3.63) is 17.7 Å². The molecule has 1 aliphatic heterocycles.